The molecule has 5 rings (SSSR count). The lowest BCUT2D eigenvalue weighted by Gasteiger charge is -2.20. The molecule has 0 unspecified atom stereocenters. The first-order valence-electron chi connectivity index (χ1n) is 11.5. The van der Waals surface area contributed by atoms with Crippen LogP contribution in [-0.4, -0.2) is 51.6 Å². The molecule has 2 aliphatic heterocycles. The van der Waals surface area contributed by atoms with E-state index in [1.807, 2.05) is 6.07 Å². The second-order valence-electron chi connectivity index (χ2n) is 7.92. The van der Waals surface area contributed by atoms with Gasteiger partial charge in [0.2, 0.25) is 5.17 Å². The van der Waals surface area contributed by atoms with Crippen LogP contribution in [0, 0.1) is 5.41 Å². The van der Waals surface area contributed by atoms with Crippen LogP contribution in [0.4, 0.5) is 0 Å². The molecule has 0 aliphatic carbocycles. The molecule has 0 fully saturated rings. The van der Waals surface area contributed by atoms with E-state index in [1.54, 1.807) is 75.0 Å². The van der Waals surface area contributed by atoms with Crippen LogP contribution in [0.3, 0.4) is 0 Å². The van der Waals surface area contributed by atoms with E-state index in [-0.39, 0.29) is 17.2 Å². The second-order valence-corrected chi connectivity index (χ2v) is 8.88. The van der Waals surface area contributed by atoms with Crippen molar-refractivity contribution < 1.29 is 23.8 Å². The van der Waals surface area contributed by atoms with Gasteiger partial charge in [-0.05, 0) is 78.9 Å². The van der Waals surface area contributed by atoms with Crippen molar-refractivity contribution in [1.82, 2.24) is 9.99 Å². The van der Waals surface area contributed by atoms with E-state index in [0.717, 1.165) is 5.56 Å². The number of thioether (sulfide) groups is 1. The molecular formula is C27H21N5O5S. The first-order valence-corrected chi connectivity index (χ1v) is 12.3. The molecule has 0 spiro atoms. The van der Waals surface area contributed by atoms with Gasteiger partial charge in [0, 0.05) is 18.0 Å². The molecule has 2 aromatic carbocycles. The summed E-state index contributed by atoms with van der Waals surface area (Å²) in [5.74, 6) is -0.0405. The Morgan fingerprint density at radius 1 is 1.13 bits per heavy atom. The minimum absolute atomic E-state index is 0.0657. The number of nitrogens with zero attached hydrogens (tertiary/aromatic N) is 4. The summed E-state index contributed by atoms with van der Waals surface area (Å²) >= 11 is 1.20. The number of aromatic nitrogens is 1. The number of pyridine rings is 1. The van der Waals surface area contributed by atoms with Crippen LogP contribution in [0.25, 0.3) is 6.08 Å². The zero-order valence-corrected chi connectivity index (χ0v) is 21.2. The van der Waals surface area contributed by atoms with Crippen LogP contribution in [0.5, 0.6) is 17.2 Å². The van der Waals surface area contributed by atoms with Crippen LogP contribution in [-0.2, 0) is 4.79 Å². The predicted molar refractivity (Wildman–Crippen MR) is 144 cm³/mol. The number of rotatable bonds is 7. The monoisotopic (exact) mass is 527 g/mol. The molecule has 3 heterocycles. The zero-order chi connectivity index (χ0) is 26.6. The van der Waals surface area contributed by atoms with Gasteiger partial charge in [0.05, 0.1) is 24.9 Å². The smallest absolute Gasteiger partial charge is 0.343 e. The molecular weight excluding hydrogens is 506 g/mol. The third kappa shape index (κ3) is 5.04. The number of aliphatic imine (C=N–C) groups is 1. The van der Waals surface area contributed by atoms with Gasteiger partial charge in [0.15, 0.2) is 17.3 Å². The highest BCUT2D eigenvalue weighted by molar-refractivity contribution is 8.27. The SMILES string of the molecule is CCOc1cc(/C=C2\C(=N)N3N=C(c4cccnc4)SC3=NC2=O)ccc1OC(=O)c1ccc(OC)cc1. The summed E-state index contributed by atoms with van der Waals surface area (Å²) in [6, 6.07) is 15.1. The number of amidine groups is 2. The van der Waals surface area contributed by atoms with Gasteiger partial charge in [0.1, 0.15) is 10.8 Å². The number of hydrazone groups is 1. The van der Waals surface area contributed by atoms with Gasteiger partial charge in [0.25, 0.3) is 5.91 Å². The fourth-order valence-corrected chi connectivity index (χ4v) is 4.50. The average molecular weight is 528 g/mol. The number of amides is 1. The van der Waals surface area contributed by atoms with Crippen LogP contribution in [0.1, 0.15) is 28.4 Å². The summed E-state index contributed by atoms with van der Waals surface area (Å²) < 4.78 is 16.4. The van der Waals surface area contributed by atoms with Crippen molar-refractivity contribution >= 4 is 45.8 Å². The van der Waals surface area contributed by atoms with Crippen LogP contribution in [0.2, 0.25) is 0 Å². The Bertz CT molecular complexity index is 1520. The Morgan fingerprint density at radius 3 is 2.66 bits per heavy atom. The van der Waals surface area contributed by atoms with Gasteiger partial charge in [-0.15, -0.1) is 0 Å². The number of hydrogen-bond donors (Lipinski definition) is 1. The minimum atomic E-state index is -0.556. The summed E-state index contributed by atoms with van der Waals surface area (Å²) in [6.45, 7) is 2.13. The average Bonchev–Trinajstić information content (AvgIpc) is 3.37. The Labute approximate surface area is 222 Å². The molecule has 0 bridgehead atoms. The predicted octanol–water partition coefficient (Wildman–Crippen LogP) is 4.38. The number of esters is 1. The van der Waals surface area contributed by atoms with Gasteiger partial charge >= 0.3 is 5.97 Å². The van der Waals surface area contributed by atoms with Crippen LogP contribution >= 0.6 is 11.8 Å². The molecule has 11 heteroatoms. The zero-order valence-electron chi connectivity index (χ0n) is 20.4. The topological polar surface area (TPSA) is 127 Å². The third-order valence-electron chi connectivity index (χ3n) is 5.47. The van der Waals surface area contributed by atoms with Gasteiger partial charge in [-0.2, -0.15) is 15.1 Å². The summed E-state index contributed by atoms with van der Waals surface area (Å²) in [4.78, 5) is 33.7. The number of methoxy groups -OCH3 is 1. The van der Waals surface area contributed by atoms with E-state index in [0.29, 0.717) is 39.4 Å². The quantitative estimate of drug-likeness (QED) is 0.273. The van der Waals surface area contributed by atoms with Gasteiger partial charge in [-0.1, -0.05) is 6.07 Å². The highest BCUT2D eigenvalue weighted by Crippen LogP contribution is 2.33. The lowest BCUT2D eigenvalue weighted by atomic mass is 10.1. The molecule has 2 aliphatic rings. The molecule has 38 heavy (non-hydrogen) atoms. The Morgan fingerprint density at radius 2 is 1.95 bits per heavy atom. The van der Waals surface area contributed by atoms with E-state index in [9.17, 15) is 9.59 Å². The molecule has 0 radical (unpaired) electrons. The number of benzene rings is 2. The Balaban J connectivity index is 1.39. The van der Waals surface area contributed by atoms with E-state index >= 15 is 0 Å². The fraction of sp³-hybridized carbons (Fsp3) is 0.111. The molecule has 10 nitrogen and oxygen atoms in total. The van der Waals surface area contributed by atoms with Gasteiger partial charge in [-0.3, -0.25) is 15.2 Å². The number of fused-ring (bicyclic) bond motifs is 1. The standard InChI is InChI=1S/C27H21N5O5S/c1-3-36-22-14-16(6-11-21(22)37-26(34)17-7-9-19(35-2)10-8-17)13-20-23(28)32-27(30-24(20)33)38-25(31-32)18-5-4-12-29-15-18/h4-15,28H,3H2,1-2H3/b20-13+,28-23?. The molecule has 3 aromatic rings. The van der Waals surface area contributed by atoms with Crippen molar-refractivity contribution in [3.8, 4) is 17.2 Å². The lowest BCUT2D eigenvalue weighted by molar-refractivity contribution is -0.114. The van der Waals surface area contributed by atoms with Crippen molar-refractivity contribution in [3.63, 3.8) is 0 Å². The van der Waals surface area contributed by atoms with Crippen molar-refractivity contribution in [3.05, 3.63) is 89.3 Å². The maximum atomic E-state index is 12.8. The minimum Gasteiger partial charge on any atom is -0.497 e. The molecule has 0 saturated heterocycles. The first kappa shape index (κ1) is 24.9. The van der Waals surface area contributed by atoms with Crippen molar-refractivity contribution in [2.75, 3.05) is 13.7 Å². The van der Waals surface area contributed by atoms with Crippen LogP contribution in [0.15, 0.2) is 82.7 Å². The summed E-state index contributed by atoms with van der Waals surface area (Å²) in [5.41, 5.74) is 1.74. The van der Waals surface area contributed by atoms with Gasteiger partial charge < -0.3 is 14.2 Å². The Kier molecular flexibility index (Phi) is 7.00. The number of carbonyl (C=O) groups excluding carboxylic acids is 2. The fourth-order valence-electron chi connectivity index (χ4n) is 3.62. The van der Waals surface area contributed by atoms with E-state index in [4.69, 9.17) is 19.6 Å². The van der Waals surface area contributed by atoms with Crippen molar-refractivity contribution in [2.45, 2.75) is 6.92 Å². The summed E-state index contributed by atoms with van der Waals surface area (Å²) in [7, 11) is 1.54. The molecule has 1 N–H and O–H groups in total. The number of ether oxygens (including phenoxy) is 3. The van der Waals surface area contributed by atoms with E-state index in [2.05, 4.69) is 15.1 Å². The number of hydrogen-bond acceptors (Lipinski definition) is 9. The molecule has 1 aromatic heterocycles. The molecule has 0 saturated carbocycles. The first-order chi connectivity index (χ1) is 18.5. The van der Waals surface area contributed by atoms with Crippen LogP contribution < -0.4 is 14.2 Å². The maximum Gasteiger partial charge on any atom is 0.343 e. The normalized spacial score (nSPS) is 15.6. The highest BCUT2D eigenvalue weighted by atomic mass is 32.2. The van der Waals surface area contributed by atoms with E-state index in [1.165, 1.54) is 22.8 Å². The third-order valence-corrected chi connectivity index (χ3v) is 6.43. The highest BCUT2D eigenvalue weighted by Gasteiger charge is 2.36. The summed E-state index contributed by atoms with van der Waals surface area (Å²) in [5, 5.41) is 15.3. The van der Waals surface area contributed by atoms with Gasteiger partial charge in [-0.25, -0.2) is 4.79 Å². The number of carbonyl (C=O) groups is 2. The molecule has 0 atom stereocenters. The van der Waals surface area contributed by atoms with Crippen molar-refractivity contribution in [2.24, 2.45) is 10.1 Å². The Hall–Kier alpha value is -4.77. The van der Waals surface area contributed by atoms with E-state index < -0.39 is 11.9 Å². The largest absolute Gasteiger partial charge is 0.497 e. The maximum absolute atomic E-state index is 12.8. The second kappa shape index (κ2) is 10.7. The van der Waals surface area contributed by atoms with Crippen molar-refractivity contribution in [1.29, 1.82) is 5.41 Å². The molecule has 190 valence electrons. The summed E-state index contributed by atoms with van der Waals surface area (Å²) in [6.07, 6.45) is 4.85. The molecule has 1 amide bonds. The number of nitrogens with one attached hydrogen (secondary N) is 1. The lowest BCUT2D eigenvalue weighted by Crippen LogP contribution is -2.35.